The molecule has 2 N–H and O–H groups in total. The summed E-state index contributed by atoms with van der Waals surface area (Å²) in [4.78, 5) is 16.6. The van der Waals surface area contributed by atoms with Gasteiger partial charge in [-0.3, -0.25) is 4.90 Å². The van der Waals surface area contributed by atoms with Gasteiger partial charge in [-0.05, 0) is 30.7 Å². The predicted molar refractivity (Wildman–Crippen MR) is 77.1 cm³/mol. The Bertz CT molecular complexity index is 595. The highest BCUT2D eigenvalue weighted by molar-refractivity contribution is 5.89. The monoisotopic (exact) mass is 290 g/mol. The van der Waals surface area contributed by atoms with Crippen LogP contribution in [-0.2, 0) is 13.0 Å². The van der Waals surface area contributed by atoms with E-state index >= 15 is 0 Å². The number of carbonyl (C=O) groups excluding carboxylic acids is 1. The fraction of sp³-hybridized carbons (Fsp3) is 0.357. The number of aromatic nitrogens is 2. The number of nitrogens with zero attached hydrogens (tertiary/aromatic N) is 3. The van der Waals surface area contributed by atoms with Crippen LogP contribution in [0, 0.1) is 0 Å². The van der Waals surface area contributed by atoms with Crippen molar-refractivity contribution < 1.29 is 14.1 Å². The first kappa shape index (κ1) is 14.8. The van der Waals surface area contributed by atoms with Gasteiger partial charge in [0, 0.05) is 19.2 Å². The summed E-state index contributed by atoms with van der Waals surface area (Å²) in [6.45, 7) is 2.26. The molecule has 2 amide bonds. The summed E-state index contributed by atoms with van der Waals surface area (Å²) in [5.74, 6) is 1.78. The first-order chi connectivity index (χ1) is 10.1. The maximum absolute atomic E-state index is 11.0. The van der Waals surface area contributed by atoms with E-state index in [1.165, 1.54) is 4.90 Å². The minimum Gasteiger partial charge on any atom is -0.484 e. The van der Waals surface area contributed by atoms with E-state index in [4.69, 9.17) is 15.0 Å². The number of hydrogen-bond donors (Lipinski definition) is 1. The number of primary amides is 1. The quantitative estimate of drug-likeness (QED) is 0.879. The van der Waals surface area contributed by atoms with Crippen LogP contribution in [0.2, 0.25) is 0 Å². The molecule has 2 rings (SSSR count). The van der Waals surface area contributed by atoms with Gasteiger partial charge in [0.15, 0.2) is 12.4 Å². The maximum atomic E-state index is 11.0. The molecule has 7 nitrogen and oxygen atoms in total. The SMILES string of the molecule is CCCc1noc(COc2ccc(N(C)C(N)=O)cc2)n1. The van der Waals surface area contributed by atoms with Gasteiger partial charge < -0.3 is 15.0 Å². The van der Waals surface area contributed by atoms with Crippen molar-refractivity contribution in [3.8, 4) is 5.75 Å². The molecule has 0 saturated heterocycles. The molecule has 2 aromatic rings. The Morgan fingerprint density at radius 2 is 2.10 bits per heavy atom. The highest BCUT2D eigenvalue weighted by Gasteiger charge is 2.08. The first-order valence-corrected chi connectivity index (χ1v) is 6.67. The van der Waals surface area contributed by atoms with Gasteiger partial charge >= 0.3 is 6.03 Å². The predicted octanol–water partition coefficient (Wildman–Crippen LogP) is 2.12. The zero-order valence-corrected chi connectivity index (χ0v) is 12.1. The van der Waals surface area contributed by atoms with E-state index in [2.05, 4.69) is 17.1 Å². The second-order valence-electron chi connectivity index (χ2n) is 4.53. The second-order valence-corrected chi connectivity index (χ2v) is 4.53. The molecule has 1 heterocycles. The van der Waals surface area contributed by atoms with Crippen molar-refractivity contribution in [1.29, 1.82) is 0 Å². The number of anilines is 1. The summed E-state index contributed by atoms with van der Waals surface area (Å²) in [7, 11) is 1.60. The van der Waals surface area contributed by atoms with E-state index in [-0.39, 0.29) is 6.61 Å². The zero-order chi connectivity index (χ0) is 15.2. The van der Waals surface area contributed by atoms with Crippen LogP contribution >= 0.6 is 0 Å². The summed E-state index contributed by atoms with van der Waals surface area (Å²) in [5, 5.41) is 3.85. The van der Waals surface area contributed by atoms with Crippen LogP contribution in [-0.4, -0.2) is 23.2 Å². The summed E-state index contributed by atoms with van der Waals surface area (Å²) >= 11 is 0. The Hall–Kier alpha value is -2.57. The molecule has 1 aromatic heterocycles. The molecular formula is C14H18N4O3. The first-order valence-electron chi connectivity index (χ1n) is 6.67. The smallest absolute Gasteiger partial charge is 0.318 e. The molecule has 0 aliphatic carbocycles. The highest BCUT2D eigenvalue weighted by Crippen LogP contribution is 2.19. The lowest BCUT2D eigenvalue weighted by molar-refractivity contribution is 0.242. The van der Waals surface area contributed by atoms with E-state index in [9.17, 15) is 4.79 Å². The Morgan fingerprint density at radius 3 is 2.71 bits per heavy atom. The molecule has 7 heteroatoms. The van der Waals surface area contributed by atoms with Crippen molar-refractivity contribution in [3.05, 3.63) is 36.0 Å². The summed E-state index contributed by atoms with van der Waals surface area (Å²) in [5.41, 5.74) is 5.89. The van der Waals surface area contributed by atoms with Crippen LogP contribution in [0.3, 0.4) is 0 Å². The number of nitrogens with two attached hydrogens (primary N) is 1. The number of ether oxygens (including phenoxy) is 1. The molecule has 0 unspecified atom stereocenters. The third-order valence-electron chi connectivity index (χ3n) is 2.90. The van der Waals surface area contributed by atoms with Crippen LogP contribution in [0.25, 0.3) is 0 Å². The van der Waals surface area contributed by atoms with Crippen molar-refractivity contribution in [3.63, 3.8) is 0 Å². The van der Waals surface area contributed by atoms with Crippen molar-refractivity contribution in [1.82, 2.24) is 10.1 Å². The standard InChI is InChI=1S/C14H18N4O3/c1-3-4-12-16-13(21-17-12)9-20-11-7-5-10(6-8-11)18(2)14(15)19/h5-8H,3-4,9H2,1-2H3,(H2,15,19). The van der Waals surface area contributed by atoms with Gasteiger partial charge in [-0.1, -0.05) is 12.1 Å². The largest absolute Gasteiger partial charge is 0.484 e. The number of rotatable bonds is 6. The number of carbonyl (C=O) groups is 1. The third kappa shape index (κ3) is 3.95. The molecule has 21 heavy (non-hydrogen) atoms. The lowest BCUT2D eigenvalue weighted by Gasteiger charge is -2.14. The number of aryl methyl sites for hydroxylation is 1. The minimum atomic E-state index is -0.516. The van der Waals surface area contributed by atoms with Crippen molar-refractivity contribution in [2.45, 2.75) is 26.4 Å². The average molecular weight is 290 g/mol. The minimum absolute atomic E-state index is 0.210. The molecule has 0 radical (unpaired) electrons. The van der Waals surface area contributed by atoms with Gasteiger partial charge in [-0.2, -0.15) is 4.98 Å². The lowest BCUT2D eigenvalue weighted by Crippen LogP contribution is -2.31. The summed E-state index contributed by atoms with van der Waals surface area (Å²) < 4.78 is 10.6. The van der Waals surface area contributed by atoms with Crippen molar-refractivity contribution in [2.75, 3.05) is 11.9 Å². The zero-order valence-electron chi connectivity index (χ0n) is 12.1. The number of urea groups is 1. The molecule has 0 fully saturated rings. The Kier molecular flexibility index (Phi) is 4.76. The fourth-order valence-corrected chi connectivity index (χ4v) is 1.71. The van der Waals surface area contributed by atoms with Gasteiger partial charge in [0.05, 0.1) is 0 Å². The summed E-state index contributed by atoms with van der Waals surface area (Å²) in [6, 6.07) is 6.47. The molecule has 0 spiro atoms. The molecule has 0 bridgehead atoms. The van der Waals surface area contributed by atoms with Crippen molar-refractivity contribution >= 4 is 11.7 Å². The van der Waals surface area contributed by atoms with E-state index < -0.39 is 6.03 Å². The van der Waals surface area contributed by atoms with Crippen LogP contribution < -0.4 is 15.4 Å². The number of benzene rings is 1. The van der Waals surface area contributed by atoms with E-state index in [0.717, 1.165) is 12.8 Å². The second kappa shape index (κ2) is 6.74. The van der Waals surface area contributed by atoms with Gasteiger partial charge in [0.25, 0.3) is 5.89 Å². The normalized spacial score (nSPS) is 10.4. The Morgan fingerprint density at radius 1 is 1.38 bits per heavy atom. The van der Waals surface area contributed by atoms with Crippen molar-refractivity contribution in [2.24, 2.45) is 5.73 Å². The molecule has 0 saturated carbocycles. The summed E-state index contributed by atoms with van der Waals surface area (Å²) in [6.07, 6.45) is 1.76. The van der Waals surface area contributed by atoms with Crippen LogP contribution in [0.15, 0.2) is 28.8 Å². The van der Waals surface area contributed by atoms with E-state index in [0.29, 0.717) is 23.2 Å². The maximum Gasteiger partial charge on any atom is 0.318 e. The topological polar surface area (TPSA) is 94.5 Å². The molecule has 0 aliphatic heterocycles. The molecule has 112 valence electrons. The third-order valence-corrected chi connectivity index (χ3v) is 2.90. The van der Waals surface area contributed by atoms with Crippen LogP contribution in [0.4, 0.5) is 10.5 Å². The van der Waals surface area contributed by atoms with Gasteiger partial charge in [-0.25, -0.2) is 4.79 Å². The lowest BCUT2D eigenvalue weighted by atomic mass is 10.3. The van der Waals surface area contributed by atoms with E-state index in [1.54, 1.807) is 31.3 Å². The van der Waals surface area contributed by atoms with E-state index in [1.807, 2.05) is 0 Å². The average Bonchev–Trinajstić information content (AvgIpc) is 2.93. The Labute approximate surface area is 122 Å². The number of amides is 2. The Balaban J connectivity index is 1.92. The van der Waals surface area contributed by atoms with Crippen LogP contribution in [0.5, 0.6) is 5.75 Å². The molecule has 0 atom stereocenters. The van der Waals surface area contributed by atoms with Gasteiger partial charge in [-0.15, -0.1) is 0 Å². The fourth-order valence-electron chi connectivity index (χ4n) is 1.71. The van der Waals surface area contributed by atoms with Gasteiger partial charge in [0.1, 0.15) is 5.75 Å². The van der Waals surface area contributed by atoms with Gasteiger partial charge in [0.2, 0.25) is 0 Å². The van der Waals surface area contributed by atoms with Crippen LogP contribution in [0.1, 0.15) is 25.1 Å². The molecular weight excluding hydrogens is 272 g/mol. The highest BCUT2D eigenvalue weighted by atomic mass is 16.5. The number of hydrogen-bond acceptors (Lipinski definition) is 5. The molecule has 0 aliphatic rings. The molecule has 1 aromatic carbocycles.